The van der Waals surface area contributed by atoms with Gasteiger partial charge in [-0.2, -0.15) is 0 Å². The van der Waals surface area contributed by atoms with E-state index < -0.39 is 0 Å². The summed E-state index contributed by atoms with van der Waals surface area (Å²) in [7, 11) is 0. The van der Waals surface area contributed by atoms with E-state index in [1.807, 2.05) is 0 Å². The van der Waals surface area contributed by atoms with Crippen LogP contribution in [0.25, 0.3) is 0 Å². The highest BCUT2D eigenvalue weighted by molar-refractivity contribution is 5.82. The van der Waals surface area contributed by atoms with Crippen LogP contribution in [-0.4, -0.2) is 25.5 Å². The van der Waals surface area contributed by atoms with Crippen LogP contribution in [0.4, 0.5) is 0 Å². The second-order valence-electron chi connectivity index (χ2n) is 6.70. The van der Waals surface area contributed by atoms with Crippen molar-refractivity contribution in [2.45, 2.75) is 51.9 Å². The van der Waals surface area contributed by atoms with E-state index >= 15 is 0 Å². The van der Waals surface area contributed by atoms with E-state index in [1.165, 1.54) is 25.7 Å². The standard InChI is InChI=1S/C15H26N2O/c1-2-14(7-9-16-10-8-14)13(18)17-11-15(5-6-15)12-3-4-12/h12,16H,2-11H2,1H3,(H,17,18). The van der Waals surface area contributed by atoms with Crippen molar-refractivity contribution in [2.75, 3.05) is 19.6 Å². The molecule has 2 N–H and O–H groups in total. The molecule has 1 heterocycles. The van der Waals surface area contributed by atoms with Gasteiger partial charge in [0.1, 0.15) is 0 Å². The Morgan fingerprint density at radius 1 is 1.22 bits per heavy atom. The van der Waals surface area contributed by atoms with Gasteiger partial charge in [0.15, 0.2) is 0 Å². The summed E-state index contributed by atoms with van der Waals surface area (Å²) in [5, 5.41) is 6.66. The highest BCUT2D eigenvalue weighted by Crippen LogP contribution is 2.60. The van der Waals surface area contributed by atoms with Crippen LogP contribution in [0.2, 0.25) is 0 Å². The molecule has 0 unspecified atom stereocenters. The fourth-order valence-electron chi connectivity index (χ4n) is 3.68. The maximum atomic E-state index is 12.5. The first kappa shape index (κ1) is 12.5. The number of nitrogens with one attached hydrogen (secondary N) is 2. The number of rotatable bonds is 5. The molecule has 0 bridgehead atoms. The first-order chi connectivity index (χ1) is 8.71. The molecule has 0 aromatic heterocycles. The molecule has 102 valence electrons. The van der Waals surface area contributed by atoms with Crippen LogP contribution >= 0.6 is 0 Å². The van der Waals surface area contributed by atoms with Crippen LogP contribution in [0.3, 0.4) is 0 Å². The lowest BCUT2D eigenvalue weighted by Gasteiger charge is -2.35. The Bertz CT molecular complexity index is 325. The zero-order valence-electron chi connectivity index (χ0n) is 11.6. The number of hydrogen-bond donors (Lipinski definition) is 2. The predicted molar refractivity (Wildman–Crippen MR) is 72.2 cm³/mol. The molecule has 0 aromatic rings. The molecule has 0 spiro atoms. The molecule has 2 saturated carbocycles. The van der Waals surface area contributed by atoms with Crippen molar-refractivity contribution in [1.29, 1.82) is 0 Å². The fraction of sp³-hybridized carbons (Fsp3) is 0.933. The predicted octanol–water partition coefficient (Wildman–Crippen LogP) is 2.07. The molecular weight excluding hydrogens is 224 g/mol. The van der Waals surface area contributed by atoms with Gasteiger partial charge in [-0.1, -0.05) is 6.92 Å². The fourth-order valence-corrected chi connectivity index (χ4v) is 3.68. The average Bonchev–Trinajstić information content (AvgIpc) is 3.29. The van der Waals surface area contributed by atoms with Crippen molar-refractivity contribution >= 4 is 5.91 Å². The normalized spacial score (nSPS) is 28.7. The van der Waals surface area contributed by atoms with Gasteiger partial charge in [-0.3, -0.25) is 4.79 Å². The minimum absolute atomic E-state index is 0.0785. The molecule has 0 radical (unpaired) electrons. The number of carbonyl (C=O) groups is 1. The number of piperidine rings is 1. The molecule has 1 aliphatic heterocycles. The molecule has 1 amide bonds. The third-order valence-electron chi connectivity index (χ3n) is 5.66. The monoisotopic (exact) mass is 250 g/mol. The van der Waals surface area contributed by atoms with Crippen LogP contribution in [0.1, 0.15) is 51.9 Å². The lowest BCUT2D eigenvalue weighted by molar-refractivity contribution is -0.133. The lowest BCUT2D eigenvalue weighted by atomic mass is 9.75. The molecule has 3 nitrogen and oxygen atoms in total. The summed E-state index contributed by atoms with van der Waals surface area (Å²) in [6.07, 6.45) is 8.49. The average molecular weight is 250 g/mol. The third kappa shape index (κ3) is 2.18. The topological polar surface area (TPSA) is 41.1 Å². The minimum Gasteiger partial charge on any atom is -0.355 e. The molecule has 3 fully saturated rings. The van der Waals surface area contributed by atoms with Crippen LogP contribution in [0, 0.1) is 16.7 Å². The van der Waals surface area contributed by atoms with E-state index in [2.05, 4.69) is 17.6 Å². The van der Waals surface area contributed by atoms with Gasteiger partial charge >= 0.3 is 0 Å². The number of amides is 1. The molecule has 1 saturated heterocycles. The molecule has 18 heavy (non-hydrogen) atoms. The van der Waals surface area contributed by atoms with Gasteiger partial charge in [-0.25, -0.2) is 0 Å². The Morgan fingerprint density at radius 2 is 1.89 bits per heavy atom. The Balaban J connectivity index is 1.56. The van der Waals surface area contributed by atoms with Crippen molar-refractivity contribution < 1.29 is 4.79 Å². The first-order valence-corrected chi connectivity index (χ1v) is 7.70. The van der Waals surface area contributed by atoms with Gasteiger partial charge in [0.05, 0.1) is 5.41 Å². The second-order valence-corrected chi connectivity index (χ2v) is 6.70. The van der Waals surface area contributed by atoms with E-state index in [4.69, 9.17) is 0 Å². The molecule has 2 aliphatic carbocycles. The molecule has 3 heteroatoms. The van der Waals surface area contributed by atoms with E-state index in [0.717, 1.165) is 44.8 Å². The quantitative estimate of drug-likeness (QED) is 0.784. The zero-order valence-corrected chi connectivity index (χ0v) is 11.6. The summed E-state index contributed by atoms with van der Waals surface area (Å²) < 4.78 is 0. The van der Waals surface area contributed by atoms with Gasteiger partial charge in [-0.15, -0.1) is 0 Å². The van der Waals surface area contributed by atoms with Crippen LogP contribution < -0.4 is 10.6 Å². The molecule has 0 atom stereocenters. The number of carbonyl (C=O) groups excluding carboxylic acids is 1. The second kappa shape index (κ2) is 4.52. The Kier molecular flexibility index (Phi) is 3.13. The van der Waals surface area contributed by atoms with Gasteiger partial charge in [0.2, 0.25) is 5.91 Å². The first-order valence-electron chi connectivity index (χ1n) is 7.70. The smallest absolute Gasteiger partial charge is 0.226 e. The molecule has 0 aromatic carbocycles. The van der Waals surface area contributed by atoms with E-state index in [-0.39, 0.29) is 5.41 Å². The zero-order chi connectivity index (χ0) is 12.6. The van der Waals surface area contributed by atoms with Crippen molar-refractivity contribution in [2.24, 2.45) is 16.7 Å². The summed E-state index contributed by atoms with van der Waals surface area (Å²) in [6.45, 7) is 5.11. The maximum Gasteiger partial charge on any atom is 0.226 e. The highest BCUT2D eigenvalue weighted by atomic mass is 16.2. The van der Waals surface area contributed by atoms with Crippen LogP contribution in [0.15, 0.2) is 0 Å². The third-order valence-corrected chi connectivity index (χ3v) is 5.66. The Labute approximate surface area is 110 Å². The summed E-state index contributed by atoms with van der Waals surface area (Å²) >= 11 is 0. The van der Waals surface area contributed by atoms with Crippen molar-refractivity contribution in [3.63, 3.8) is 0 Å². The minimum atomic E-state index is -0.0785. The Morgan fingerprint density at radius 3 is 2.39 bits per heavy atom. The largest absolute Gasteiger partial charge is 0.355 e. The molecule has 3 rings (SSSR count). The van der Waals surface area contributed by atoms with Gasteiger partial charge in [0, 0.05) is 6.54 Å². The highest BCUT2D eigenvalue weighted by Gasteiger charge is 2.54. The van der Waals surface area contributed by atoms with Gasteiger partial charge < -0.3 is 10.6 Å². The summed E-state index contributed by atoms with van der Waals surface area (Å²) in [4.78, 5) is 12.5. The van der Waals surface area contributed by atoms with Gasteiger partial charge in [-0.05, 0) is 69.4 Å². The SMILES string of the molecule is CCC1(C(=O)NCC2(C3CC3)CC2)CCNCC1. The summed E-state index contributed by atoms with van der Waals surface area (Å²) in [5.74, 6) is 1.27. The van der Waals surface area contributed by atoms with Crippen molar-refractivity contribution in [1.82, 2.24) is 10.6 Å². The van der Waals surface area contributed by atoms with Crippen molar-refractivity contribution in [3.05, 3.63) is 0 Å². The molecule has 3 aliphatic rings. The Hall–Kier alpha value is -0.570. The van der Waals surface area contributed by atoms with Crippen LogP contribution in [0.5, 0.6) is 0 Å². The van der Waals surface area contributed by atoms with Crippen molar-refractivity contribution in [3.8, 4) is 0 Å². The van der Waals surface area contributed by atoms with E-state index in [0.29, 0.717) is 11.3 Å². The summed E-state index contributed by atoms with van der Waals surface area (Å²) in [6, 6.07) is 0. The van der Waals surface area contributed by atoms with E-state index in [1.54, 1.807) is 0 Å². The van der Waals surface area contributed by atoms with Crippen LogP contribution in [-0.2, 0) is 4.79 Å². The lowest BCUT2D eigenvalue weighted by Crippen LogP contribution is -2.48. The maximum absolute atomic E-state index is 12.5. The summed E-state index contributed by atoms with van der Waals surface area (Å²) in [5.41, 5.74) is 0.447. The van der Waals surface area contributed by atoms with E-state index in [9.17, 15) is 4.79 Å². The molecular formula is C15H26N2O. The van der Waals surface area contributed by atoms with Gasteiger partial charge in [0.25, 0.3) is 0 Å². The number of hydrogen-bond acceptors (Lipinski definition) is 2.